The molecule has 0 aromatic heterocycles. The van der Waals surface area contributed by atoms with E-state index in [9.17, 15) is 13.2 Å². The van der Waals surface area contributed by atoms with E-state index in [1.54, 1.807) is 19.1 Å². The Kier molecular flexibility index (Phi) is 3.95. The molecule has 100 valence electrons. The maximum absolute atomic E-state index is 13.0. The summed E-state index contributed by atoms with van der Waals surface area (Å²) in [6.07, 6.45) is -0.881. The van der Waals surface area contributed by atoms with Crippen molar-refractivity contribution in [2.45, 2.75) is 38.9 Å². The fourth-order valence-corrected chi connectivity index (χ4v) is 2.45. The summed E-state index contributed by atoms with van der Waals surface area (Å²) in [6, 6.07) is 4.63. The Morgan fingerprint density at radius 2 is 1.78 bits per heavy atom. The van der Waals surface area contributed by atoms with Crippen molar-refractivity contribution in [2.75, 3.05) is 13.1 Å². The average Bonchev–Trinajstić information content (AvgIpc) is 2.31. The molecule has 0 unspecified atom stereocenters. The minimum atomic E-state index is -4.25. The lowest BCUT2D eigenvalue weighted by Gasteiger charge is -2.27. The van der Waals surface area contributed by atoms with E-state index < -0.39 is 11.7 Å². The number of nitrogens with zero attached hydrogens (tertiary/aromatic N) is 1. The highest BCUT2D eigenvalue weighted by Gasteiger charge is 2.33. The minimum Gasteiger partial charge on any atom is -0.299 e. The molecule has 0 spiro atoms. The van der Waals surface area contributed by atoms with Crippen LogP contribution in [0, 0.1) is 6.92 Å². The fraction of sp³-hybridized carbons (Fsp3) is 0.571. The van der Waals surface area contributed by atoms with Crippen LogP contribution in [0.15, 0.2) is 18.2 Å². The molecule has 0 bridgehead atoms. The predicted octanol–water partition coefficient (Wildman–Crippen LogP) is 4.00. The lowest BCUT2D eigenvalue weighted by molar-refractivity contribution is -0.138. The second-order valence-corrected chi connectivity index (χ2v) is 5.00. The maximum atomic E-state index is 13.0. The molecule has 0 aliphatic carbocycles. The number of piperidine rings is 1. The van der Waals surface area contributed by atoms with Gasteiger partial charge in [-0.25, -0.2) is 0 Å². The van der Waals surface area contributed by atoms with Gasteiger partial charge in [0, 0.05) is 6.54 Å². The normalized spacial score (nSPS) is 18.0. The SMILES string of the molecule is Cc1ccc(CN2CCCCC2)c(C(F)(F)F)c1. The Labute approximate surface area is 106 Å². The molecule has 0 atom stereocenters. The van der Waals surface area contributed by atoms with Gasteiger partial charge in [0.15, 0.2) is 0 Å². The molecular formula is C14H18F3N. The van der Waals surface area contributed by atoms with Crippen LogP contribution in [-0.4, -0.2) is 18.0 Å². The van der Waals surface area contributed by atoms with Gasteiger partial charge in [-0.15, -0.1) is 0 Å². The number of alkyl halides is 3. The molecular weight excluding hydrogens is 239 g/mol. The minimum absolute atomic E-state index is 0.398. The van der Waals surface area contributed by atoms with Gasteiger partial charge in [-0.05, 0) is 44.5 Å². The number of rotatable bonds is 2. The average molecular weight is 257 g/mol. The molecule has 1 saturated heterocycles. The summed E-state index contributed by atoms with van der Waals surface area (Å²) < 4.78 is 38.9. The molecule has 0 amide bonds. The van der Waals surface area contributed by atoms with Gasteiger partial charge >= 0.3 is 6.18 Å². The zero-order chi connectivity index (χ0) is 13.2. The number of benzene rings is 1. The van der Waals surface area contributed by atoms with Crippen LogP contribution in [0.4, 0.5) is 13.2 Å². The van der Waals surface area contributed by atoms with Crippen LogP contribution >= 0.6 is 0 Å². The number of aryl methyl sites for hydroxylation is 1. The monoisotopic (exact) mass is 257 g/mol. The lowest BCUT2D eigenvalue weighted by atomic mass is 10.0. The molecule has 0 saturated carbocycles. The Balaban J connectivity index is 2.21. The van der Waals surface area contributed by atoms with Gasteiger partial charge in [0.25, 0.3) is 0 Å². The van der Waals surface area contributed by atoms with E-state index in [4.69, 9.17) is 0 Å². The van der Waals surface area contributed by atoms with Crippen LogP contribution in [0.1, 0.15) is 36.0 Å². The Morgan fingerprint density at radius 1 is 1.11 bits per heavy atom. The summed E-state index contributed by atoms with van der Waals surface area (Å²) in [7, 11) is 0. The number of halogens is 3. The van der Waals surface area contributed by atoms with Crippen molar-refractivity contribution in [3.63, 3.8) is 0 Å². The predicted molar refractivity (Wildman–Crippen MR) is 65.3 cm³/mol. The first-order chi connectivity index (χ1) is 8.47. The second-order valence-electron chi connectivity index (χ2n) is 5.00. The van der Waals surface area contributed by atoms with E-state index in [-0.39, 0.29) is 0 Å². The molecule has 4 heteroatoms. The fourth-order valence-electron chi connectivity index (χ4n) is 2.45. The van der Waals surface area contributed by atoms with Gasteiger partial charge in [0.2, 0.25) is 0 Å². The summed E-state index contributed by atoms with van der Waals surface area (Å²) in [5, 5.41) is 0. The third-order valence-corrected chi connectivity index (χ3v) is 3.41. The maximum Gasteiger partial charge on any atom is 0.416 e. The molecule has 18 heavy (non-hydrogen) atoms. The summed E-state index contributed by atoms with van der Waals surface area (Å²) >= 11 is 0. The molecule has 1 heterocycles. The highest BCUT2D eigenvalue weighted by Crippen LogP contribution is 2.33. The molecule has 1 aromatic rings. The Hall–Kier alpha value is -1.03. The third-order valence-electron chi connectivity index (χ3n) is 3.41. The van der Waals surface area contributed by atoms with Gasteiger partial charge in [0.1, 0.15) is 0 Å². The van der Waals surface area contributed by atoms with Gasteiger partial charge in [-0.3, -0.25) is 4.90 Å². The topological polar surface area (TPSA) is 3.24 Å². The highest BCUT2D eigenvalue weighted by atomic mass is 19.4. The van der Waals surface area contributed by atoms with Crippen LogP contribution in [0.3, 0.4) is 0 Å². The molecule has 2 rings (SSSR count). The van der Waals surface area contributed by atoms with Gasteiger partial charge < -0.3 is 0 Å². The Bertz CT molecular complexity index is 406. The van der Waals surface area contributed by atoms with Crippen molar-refractivity contribution >= 4 is 0 Å². The third kappa shape index (κ3) is 3.25. The summed E-state index contributed by atoms with van der Waals surface area (Å²) in [5.41, 5.74) is 0.577. The first kappa shape index (κ1) is 13.4. The van der Waals surface area contributed by atoms with E-state index in [0.717, 1.165) is 25.9 Å². The summed E-state index contributed by atoms with van der Waals surface area (Å²) in [5.74, 6) is 0. The first-order valence-corrected chi connectivity index (χ1v) is 6.36. The molecule has 0 N–H and O–H groups in total. The second kappa shape index (κ2) is 5.31. The number of likely N-dealkylation sites (tertiary alicyclic amines) is 1. The first-order valence-electron chi connectivity index (χ1n) is 6.36. The van der Waals surface area contributed by atoms with Crippen LogP contribution in [0.5, 0.6) is 0 Å². The lowest BCUT2D eigenvalue weighted by Crippen LogP contribution is -2.30. The zero-order valence-corrected chi connectivity index (χ0v) is 10.6. The van der Waals surface area contributed by atoms with E-state index in [0.29, 0.717) is 17.7 Å². The van der Waals surface area contributed by atoms with Crippen molar-refractivity contribution in [3.8, 4) is 0 Å². The van der Waals surface area contributed by atoms with Crippen molar-refractivity contribution in [3.05, 3.63) is 34.9 Å². The largest absolute Gasteiger partial charge is 0.416 e. The van der Waals surface area contributed by atoms with Gasteiger partial charge in [-0.2, -0.15) is 13.2 Å². The summed E-state index contributed by atoms with van der Waals surface area (Å²) in [6.45, 7) is 3.92. The van der Waals surface area contributed by atoms with Gasteiger partial charge in [-0.1, -0.05) is 24.1 Å². The number of hydrogen-bond acceptors (Lipinski definition) is 1. The molecule has 0 radical (unpaired) electrons. The zero-order valence-electron chi connectivity index (χ0n) is 10.6. The van der Waals surface area contributed by atoms with Crippen LogP contribution < -0.4 is 0 Å². The molecule has 1 aliphatic rings. The van der Waals surface area contributed by atoms with Crippen LogP contribution in [0.2, 0.25) is 0 Å². The molecule has 1 nitrogen and oxygen atoms in total. The van der Waals surface area contributed by atoms with Crippen molar-refractivity contribution < 1.29 is 13.2 Å². The molecule has 1 aliphatic heterocycles. The smallest absolute Gasteiger partial charge is 0.299 e. The summed E-state index contributed by atoms with van der Waals surface area (Å²) in [4.78, 5) is 2.11. The quantitative estimate of drug-likeness (QED) is 0.774. The molecule has 1 fully saturated rings. The highest BCUT2D eigenvalue weighted by molar-refractivity contribution is 5.33. The number of hydrogen-bond donors (Lipinski definition) is 0. The standard InChI is InChI=1S/C14H18F3N/c1-11-5-6-12(13(9-11)14(15,16)17)10-18-7-3-2-4-8-18/h5-6,9H,2-4,7-8,10H2,1H3. The van der Waals surface area contributed by atoms with Crippen LogP contribution in [-0.2, 0) is 12.7 Å². The van der Waals surface area contributed by atoms with E-state index in [1.165, 1.54) is 12.5 Å². The van der Waals surface area contributed by atoms with Crippen molar-refractivity contribution in [1.82, 2.24) is 4.90 Å². The molecule has 1 aromatic carbocycles. The van der Waals surface area contributed by atoms with Crippen molar-refractivity contribution in [1.29, 1.82) is 0 Å². The van der Waals surface area contributed by atoms with Crippen LogP contribution in [0.25, 0.3) is 0 Å². The van der Waals surface area contributed by atoms with Gasteiger partial charge in [0.05, 0.1) is 5.56 Å². The van der Waals surface area contributed by atoms with Crippen molar-refractivity contribution in [2.24, 2.45) is 0 Å². The Morgan fingerprint density at radius 3 is 2.39 bits per heavy atom. The van der Waals surface area contributed by atoms with E-state index in [2.05, 4.69) is 4.90 Å². The van der Waals surface area contributed by atoms with E-state index >= 15 is 0 Å². The van der Waals surface area contributed by atoms with E-state index in [1.807, 2.05) is 0 Å².